The van der Waals surface area contributed by atoms with E-state index in [0.29, 0.717) is 17.8 Å². The normalized spacial score (nSPS) is 12.2. The highest BCUT2D eigenvalue weighted by atomic mass is 35.5. The number of nitrogens with one attached hydrogen (secondary N) is 2. The quantitative estimate of drug-likeness (QED) is 0.739. The van der Waals surface area contributed by atoms with Crippen LogP contribution in [0, 0.1) is 0 Å². The van der Waals surface area contributed by atoms with Gasteiger partial charge in [-0.05, 0) is 31.5 Å². The summed E-state index contributed by atoms with van der Waals surface area (Å²) in [5, 5.41) is 2.60. The second-order valence-corrected chi connectivity index (χ2v) is 6.12. The summed E-state index contributed by atoms with van der Waals surface area (Å²) in [5.74, 6) is -0.266. The van der Waals surface area contributed by atoms with E-state index in [0.717, 1.165) is 0 Å². The predicted octanol–water partition coefficient (Wildman–Crippen LogP) is 1.55. The standard InChI is InChI=1S/C12H19N3O3S.ClH/c1-3-7-19(17,18)15-11-6-4-5-10(8-11)14-12(16)9(2)13;/h4-6,8-9,15H,3,7,13H2,1-2H3,(H,14,16);1H/t9-;/m1./s1. The van der Waals surface area contributed by atoms with Gasteiger partial charge in [-0.25, -0.2) is 8.42 Å². The Kier molecular flexibility index (Phi) is 7.55. The van der Waals surface area contributed by atoms with Gasteiger partial charge in [0.1, 0.15) is 0 Å². The molecule has 0 bridgehead atoms. The highest BCUT2D eigenvalue weighted by Crippen LogP contribution is 2.16. The van der Waals surface area contributed by atoms with E-state index in [9.17, 15) is 13.2 Å². The number of hydrogen-bond donors (Lipinski definition) is 3. The van der Waals surface area contributed by atoms with Gasteiger partial charge < -0.3 is 11.1 Å². The van der Waals surface area contributed by atoms with Crippen molar-refractivity contribution in [3.63, 3.8) is 0 Å². The van der Waals surface area contributed by atoms with E-state index in [2.05, 4.69) is 10.0 Å². The van der Waals surface area contributed by atoms with Crippen molar-refractivity contribution in [2.75, 3.05) is 15.8 Å². The number of rotatable bonds is 6. The summed E-state index contributed by atoms with van der Waals surface area (Å²) in [6.45, 7) is 3.36. The second kappa shape index (κ2) is 8.08. The number of nitrogens with two attached hydrogens (primary N) is 1. The number of sulfonamides is 1. The van der Waals surface area contributed by atoms with Crippen LogP contribution in [0.1, 0.15) is 20.3 Å². The summed E-state index contributed by atoms with van der Waals surface area (Å²) in [7, 11) is -3.33. The van der Waals surface area contributed by atoms with E-state index in [1.54, 1.807) is 38.1 Å². The van der Waals surface area contributed by atoms with Crippen LogP contribution in [0.2, 0.25) is 0 Å². The molecule has 0 aliphatic rings. The van der Waals surface area contributed by atoms with Gasteiger partial charge in [0, 0.05) is 5.69 Å². The molecule has 1 aromatic carbocycles. The molecule has 0 aliphatic heterocycles. The minimum atomic E-state index is -3.33. The largest absolute Gasteiger partial charge is 0.325 e. The molecule has 8 heteroatoms. The third kappa shape index (κ3) is 6.23. The molecule has 0 saturated heterocycles. The van der Waals surface area contributed by atoms with Crippen molar-refractivity contribution in [3.05, 3.63) is 24.3 Å². The Balaban J connectivity index is 0.00000361. The van der Waals surface area contributed by atoms with Crippen LogP contribution in [-0.2, 0) is 14.8 Å². The van der Waals surface area contributed by atoms with Crippen LogP contribution in [-0.4, -0.2) is 26.1 Å². The monoisotopic (exact) mass is 321 g/mol. The summed E-state index contributed by atoms with van der Waals surface area (Å²) in [6, 6.07) is 5.86. The topological polar surface area (TPSA) is 101 Å². The first-order valence-electron chi connectivity index (χ1n) is 6.01. The Morgan fingerprint density at radius 1 is 1.35 bits per heavy atom. The van der Waals surface area contributed by atoms with E-state index in [1.165, 1.54) is 0 Å². The molecule has 4 N–H and O–H groups in total. The number of carbonyl (C=O) groups is 1. The van der Waals surface area contributed by atoms with Gasteiger partial charge in [-0.3, -0.25) is 9.52 Å². The maximum absolute atomic E-state index is 11.6. The summed E-state index contributed by atoms with van der Waals surface area (Å²) in [6.07, 6.45) is 0.538. The molecular weight excluding hydrogens is 302 g/mol. The van der Waals surface area contributed by atoms with E-state index in [-0.39, 0.29) is 24.1 Å². The molecule has 0 radical (unpaired) electrons. The number of halogens is 1. The Labute approximate surface area is 125 Å². The van der Waals surface area contributed by atoms with Gasteiger partial charge >= 0.3 is 0 Å². The van der Waals surface area contributed by atoms with Gasteiger partial charge in [-0.2, -0.15) is 0 Å². The zero-order chi connectivity index (χ0) is 14.5. The lowest BCUT2D eigenvalue weighted by Gasteiger charge is -2.11. The molecule has 1 atom stereocenters. The maximum Gasteiger partial charge on any atom is 0.240 e. The third-order valence-corrected chi connectivity index (χ3v) is 3.78. The van der Waals surface area contributed by atoms with E-state index >= 15 is 0 Å². The average Bonchev–Trinajstić information content (AvgIpc) is 2.28. The molecule has 0 spiro atoms. The van der Waals surface area contributed by atoms with E-state index in [4.69, 9.17) is 5.73 Å². The second-order valence-electron chi connectivity index (χ2n) is 4.28. The third-order valence-electron chi connectivity index (χ3n) is 2.29. The van der Waals surface area contributed by atoms with Crippen molar-refractivity contribution in [1.29, 1.82) is 0 Å². The summed E-state index contributed by atoms with van der Waals surface area (Å²) >= 11 is 0. The molecule has 0 fully saturated rings. The molecular formula is C12H20ClN3O3S. The number of benzene rings is 1. The predicted molar refractivity (Wildman–Crippen MR) is 83.7 cm³/mol. The van der Waals surface area contributed by atoms with E-state index < -0.39 is 16.1 Å². The first-order chi connectivity index (χ1) is 8.84. The Hall–Kier alpha value is -1.31. The average molecular weight is 322 g/mol. The van der Waals surface area contributed by atoms with Crippen LogP contribution < -0.4 is 15.8 Å². The fourth-order valence-electron chi connectivity index (χ4n) is 1.42. The van der Waals surface area contributed by atoms with Crippen molar-refractivity contribution in [2.24, 2.45) is 5.73 Å². The lowest BCUT2D eigenvalue weighted by molar-refractivity contribution is -0.117. The molecule has 0 saturated carbocycles. The van der Waals surface area contributed by atoms with Gasteiger partial charge in [0.15, 0.2) is 0 Å². The Morgan fingerprint density at radius 3 is 2.50 bits per heavy atom. The highest BCUT2D eigenvalue weighted by Gasteiger charge is 2.10. The Bertz CT molecular complexity index is 547. The number of carbonyl (C=O) groups excluding carboxylic acids is 1. The summed E-state index contributed by atoms with van der Waals surface area (Å²) in [4.78, 5) is 11.4. The first-order valence-corrected chi connectivity index (χ1v) is 7.66. The molecule has 1 amide bonds. The maximum atomic E-state index is 11.6. The molecule has 0 aromatic heterocycles. The lowest BCUT2D eigenvalue weighted by Crippen LogP contribution is -2.32. The molecule has 1 aromatic rings. The zero-order valence-corrected chi connectivity index (χ0v) is 13.1. The fourth-order valence-corrected chi connectivity index (χ4v) is 2.54. The van der Waals surface area contributed by atoms with Crippen LogP contribution in [0.4, 0.5) is 11.4 Å². The van der Waals surface area contributed by atoms with Crippen molar-refractivity contribution < 1.29 is 13.2 Å². The summed E-state index contributed by atoms with van der Waals surface area (Å²) in [5.41, 5.74) is 6.35. The summed E-state index contributed by atoms with van der Waals surface area (Å²) < 4.78 is 25.7. The molecule has 20 heavy (non-hydrogen) atoms. The molecule has 1 rings (SSSR count). The molecule has 114 valence electrons. The molecule has 0 heterocycles. The smallest absolute Gasteiger partial charge is 0.240 e. The van der Waals surface area contributed by atoms with Crippen molar-refractivity contribution in [1.82, 2.24) is 0 Å². The molecule has 0 aliphatic carbocycles. The van der Waals surface area contributed by atoms with Gasteiger partial charge in [0.2, 0.25) is 15.9 Å². The SMILES string of the molecule is CCCS(=O)(=O)Nc1cccc(NC(=O)[C@@H](C)N)c1.Cl. The number of hydrogen-bond acceptors (Lipinski definition) is 4. The van der Waals surface area contributed by atoms with Gasteiger partial charge in [-0.15, -0.1) is 12.4 Å². The van der Waals surface area contributed by atoms with Crippen LogP contribution in [0.3, 0.4) is 0 Å². The Morgan fingerprint density at radius 2 is 1.95 bits per heavy atom. The number of anilines is 2. The van der Waals surface area contributed by atoms with Crippen LogP contribution in [0.25, 0.3) is 0 Å². The van der Waals surface area contributed by atoms with Gasteiger partial charge in [0.25, 0.3) is 0 Å². The highest BCUT2D eigenvalue weighted by molar-refractivity contribution is 7.92. The van der Waals surface area contributed by atoms with Crippen LogP contribution >= 0.6 is 12.4 Å². The zero-order valence-electron chi connectivity index (χ0n) is 11.4. The van der Waals surface area contributed by atoms with Gasteiger partial charge in [0.05, 0.1) is 17.5 Å². The minimum Gasteiger partial charge on any atom is -0.325 e. The molecule has 6 nitrogen and oxygen atoms in total. The van der Waals surface area contributed by atoms with E-state index in [1.807, 2.05) is 0 Å². The minimum absolute atomic E-state index is 0. The lowest BCUT2D eigenvalue weighted by atomic mass is 10.2. The van der Waals surface area contributed by atoms with Crippen molar-refractivity contribution in [3.8, 4) is 0 Å². The number of amides is 1. The van der Waals surface area contributed by atoms with Gasteiger partial charge in [-0.1, -0.05) is 13.0 Å². The van der Waals surface area contributed by atoms with Crippen LogP contribution in [0.15, 0.2) is 24.3 Å². The molecule has 0 unspecified atom stereocenters. The van der Waals surface area contributed by atoms with Crippen LogP contribution in [0.5, 0.6) is 0 Å². The van der Waals surface area contributed by atoms with Crippen molar-refractivity contribution >= 4 is 39.7 Å². The first kappa shape index (κ1) is 18.7. The van der Waals surface area contributed by atoms with Crippen molar-refractivity contribution in [2.45, 2.75) is 26.3 Å². The fraction of sp³-hybridized carbons (Fsp3) is 0.417.